The van der Waals surface area contributed by atoms with Gasteiger partial charge in [0.1, 0.15) is 12.2 Å². The van der Waals surface area contributed by atoms with Gasteiger partial charge in [0.15, 0.2) is 6.23 Å². The van der Waals surface area contributed by atoms with Crippen molar-refractivity contribution in [2.24, 2.45) is 5.73 Å². The van der Waals surface area contributed by atoms with Gasteiger partial charge in [0.25, 0.3) is 5.56 Å². The second-order valence-electron chi connectivity index (χ2n) is 7.76. The number of nitrogens with two attached hydrogens (primary N) is 1. The van der Waals surface area contributed by atoms with Crippen LogP contribution in [0.15, 0.2) is 21.9 Å². The molecular formula is C17H30N3O5P. The zero-order chi connectivity index (χ0) is 19.6. The predicted molar refractivity (Wildman–Crippen MR) is 105 cm³/mol. The van der Waals surface area contributed by atoms with Crippen LogP contribution in [0.4, 0.5) is 0 Å². The number of ether oxygens (including phenoxy) is 1. The lowest BCUT2D eigenvalue weighted by Crippen LogP contribution is -2.43. The molecule has 2 heterocycles. The van der Waals surface area contributed by atoms with E-state index in [1.165, 1.54) is 16.8 Å². The summed E-state index contributed by atoms with van der Waals surface area (Å²) in [5.41, 5.74) is 4.69. The van der Waals surface area contributed by atoms with Gasteiger partial charge in [-0.15, -0.1) is 13.2 Å². The first-order valence-electron chi connectivity index (χ1n) is 8.78. The van der Waals surface area contributed by atoms with E-state index >= 15 is 0 Å². The normalized spacial score (nSPS) is 27.6. The number of hydrogen-bond acceptors (Lipinski definition) is 6. The molecular weight excluding hydrogens is 357 g/mol. The fourth-order valence-electron chi connectivity index (χ4n) is 2.94. The average molecular weight is 387 g/mol. The topological polar surface area (TPSA) is 120 Å². The highest BCUT2D eigenvalue weighted by molar-refractivity contribution is 7.72. The van der Waals surface area contributed by atoms with Gasteiger partial charge in [0.2, 0.25) is 0 Å². The van der Waals surface area contributed by atoms with Gasteiger partial charge in [0.05, 0.1) is 6.10 Å². The first kappa shape index (κ1) is 21.1. The van der Waals surface area contributed by atoms with Gasteiger partial charge in [-0.05, 0) is 39.3 Å². The molecule has 5 atom stereocenters. The van der Waals surface area contributed by atoms with E-state index in [0.29, 0.717) is 12.8 Å². The molecule has 1 aromatic rings. The molecule has 0 spiro atoms. The Balaban J connectivity index is 2.25. The van der Waals surface area contributed by atoms with Gasteiger partial charge in [-0.3, -0.25) is 13.9 Å². The van der Waals surface area contributed by atoms with Gasteiger partial charge < -0.3 is 20.7 Å². The maximum Gasteiger partial charge on any atom is 0.333 e. The molecule has 0 aromatic carbocycles. The largest absolute Gasteiger partial charge is 0.388 e. The summed E-state index contributed by atoms with van der Waals surface area (Å²) in [5.74, 6) is 0. The van der Waals surface area contributed by atoms with Crippen molar-refractivity contribution >= 4 is 13.2 Å². The molecule has 1 saturated heterocycles. The summed E-state index contributed by atoms with van der Waals surface area (Å²) in [5, 5.41) is 20.7. The highest BCUT2D eigenvalue weighted by Gasteiger charge is 2.44. The Labute approximate surface area is 153 Å². The smallest absolute Gasteiger partial charge is 0.333 e. The molecule has 26 heavy (non-hydrogen) atoms. The number of aliphatic hydroxyl groups is 2. The van der Waals surface area contributed by atoms with Crippen LogP contribution in [0.1, 0.15) is 26.0 Å². The molecule has 9 heteroatoms. The van der Waals surface area contributed by atoms with Crippen molar-refractivity contribution in [2.75, 3.05) is 19.5 Å². The van der Waals surface area contributed by atoms with Crippen LogP contribution in [-0.4, -0.2) is 69.5 Å². The number of nitrogens with zero attached hydrogens (tertiary/aromatic N) is 2. The number of aromatic nitrogens is 2. The minimum absolute atomic E-state index is 0.149. The molecule has 1 aliphatic rings. The van der Waals surface area contributed by atoms with Gasteiger partial charge in [0, 0.05) is 24.8 Å². The SMILES string of the molecule is C=P(C)(C)CC[C@H]1O[C@@H](n2ccc(=O)n(CCC(C)N)c2=O)[C@H](O)[C@@H]1O. The molecule has 1 unspecified atom stereocenters. The van der Waals surface area contributed by atoms with Gasteiger partial charge >= 0.3 is 5.69 Å². The second kappa shape index (κ2) is 8.23. The molecule has 0 amide bonds. The molecule has 2 rings (SSSR count). The van der Waals surface area contributed by atoms with Crippen LogP contribution in [-0.2, 0) is 11.3 Å². The Bertz CT molecular complexity index is 781. The first-order chi connectivity index (χ1) is 12.0. The minimum atomic E-state index is -1.30. The van der Waals surface area contributed by atoms with E-state index in [1.807, 2.05) is 0 Å². The molecule has 8 nitrogen and oxygen atoms in total. The quantitative estimate of drug-likeness (QED) is 0.541. The van der Waals surface area contributed by atoms with E-state index in [1.54, 1.807) is 6.92 Å². The molecule has 1 fully saturated rings. The van der Waals surface area contributed by atoms with Gasteiger partial charge in [-0.1, -0.05) is 0 Å². The first-order valence-corrected chi connectivity index (χ1v) is 11.8. The fraction of sp³-hybridized carbons (Fsp3) is 0.706. The Morgan fingerprint density at radius 1 is 1.35 bits per heavy atom. The Kier molecular flexibility index (Phi) is 6.69. The van der Waals surface area contributed by atoms with Gasteiger partial charge in [-0.25, -0.2) is 4.79 Å². The van der Waals surface area contributed by atoms with Gasteiger partial charge in [-0.2, -0.15) is 0 Å². The van der Waals surface area contributed by atoms with Crippen LogP contribution in [0, 0.1) is 0 Å². The maximum absolute atomic E-state index is 12.7. The maximum atomic E-state index is 12.7. The Morgan fingerprint density at radius 2 is 2.00 bits per heavy atom. The number of aliphatic hydroxyl groups excluding tert-OH is 2. The van der Waals surface area contributed by atoms with Crippen molar-refractivity contribution in [3.8, 4) is 0 Å². The minimum Gasteiger partial charge on any atom is -0.388 e. The molecule has 4 N–H and O–H groups in total. The van der Waals surface area contributed by atoms with Crippen molar-refractivity contribution in [1.29, 1.82) is 0 Å². The van der Waals surface area contributed by atoms with Crippen molar-refractivity contribution in [2.45, 2.75) is 56.9 Å². The van der Waals surface area contributed by atoms with Crippen LogP contribution >= 0.6 is 6.89 Å². The fourth-order valence-corrected chi connectivity index (χ4v) is 3.89. The lowest BCUT2D eigenvalue weighted by atomic mass is 10.1. The summed E-state index contributed by atoms with van der Waals surface area (Å²) < 4.78 is 8.02. The highest BCUT2D eigenvalue weighted by atomic mass is 31.2. The van der Waals surface area contributed by atoms with E-state index in [-0.39, 0.29) is 12.6 Å². The molecule has 0 radical (unpaired) electrons. The number of rotatable bonds is 7. The zero-order valence-corrected chi connectivity index (χ0v) is 16.5. The van der Waals surface area contributed by atoms with Crippen molar-refractivity contribution in [1.82, 2.24) is 9.13 Å². The summed E-state index contributed by atoms with van der Waals surface area (Å²) in [7, 11) is 0. The van der Waals surface area contributed by atoms with Crippen LogP contribution in [0.2, 0.25) is 0 Å². The lowest BCUT2D eigenvalue weighted by Gasteiger charge is -2.19. The molecule has 0 aliphatic carbocycles. The van der Waals surface area contributed by atoms with Crippen LogP contribution < -0.4 is 17.0 Å². The summed E-state index contributed by atoms with van der Waals surface area (Å²) >= 11 is 0. The molecule has 0 bridgehead atoms. The summed E-state index contributed by atoms with van der Waals surface area (Å²) in [4.78, 5) is 24.7. The van der Waals surface area contributed by atoms with Crippen LogP contribution in [0.5, 0.6) is 0 Å². The van der Waals surface area contributed by atoms with Crippen molar-refractivity contribution < 1.29 is 14.9 Å². The van der Waals surface area contributed by atoms with E-state index in [0.717, 1.165) is 10.7 Å². The summed E-state index contributed by atoms with van der Waals surface area (Å²) in [6.07, 6.45) is 3.31. The van der Waals surface area contributed by atoms with Crippen LogP contribution in [0.25, 0.3) is 0 Å². The van der Waals surface area contributed by atoms with E-state index in [9.17, 15) is 19.8 Å². The van der Waals surface area contributed by atoms with E-state index < -0.39 is 42.7 Å². The summed E-state index contributed by atoms with van der Waals surface area (Å²) in [6.45, 7) is 4.85. The van der Waals surface area contributed by atoms with Crippen molar-refractivity contribution in [3.63, 3.8) is 0 Å². The third-order valence-electron chi connectivity index (χ3n) is 4.53. The third-order valence-corrected chi connectivity index (χ3v) is 6.00. The highest BCUT2D eigenvalue weighted by Crippen LogP contribution is 2.39. The molecule has 1 aromatic heterocycles. The van der Waals surface area contributed by atoms with Crippen LogP contribution in [0.3, 0.4) is 0 Å². The van der Waals surface area contributed by atoms with E-state index in [4.69, 9.17) is 10.5 Å². The third kappa shape index (κ3) is 4.96. The van der Waals surface area contributed by atoms with E-state index in [2.05, 4.69) is 19.6 Å². The summed E-state index contributed by atoms with van der Waals surface area (Å²) in [6, 6.07) is 1.10. The monoisotopic (exact) mass is 387 g/mol. The van der Waals surface area contributed by atoms with Crippen molar-refractivity contribution in [3.05, 3.63) is 33.1 Å². The Morgan fingerprint density at radius 3 is 2.58 bits per heavy atom. The second-order valence-corrected chi connectivity index (χ2v) is 12.1. The molecule has 1 aliphatic heterocycles. The number of hydrogen-bond donors (Lipinski definition) is 3. The lowest BCUT2D eigenvalue weighted by molar-refractivity contribution is -0.0410. The molecule has 148 valence electrons. The zero-order valence-electron chi connectivity index (χ0n) is 15.6. The predicted octanol–water partition coefficient (Wildman–Crippen LogP) is -0.534. The molecule has 0 saturated carbocycles. The standard InChI is InChI=1S/C17H30N3O5P/c1-11(18)5-8-19-13(21)6-9-20(17(19)24)16-15(23)14(22)12(25-16)7-10-26(2,3)4/h6,9,11-12,14-16,22-23H,2,5,7-8,10,18H2,1,3-4H3/t11?,12-,14-,15-,16-/m1/s1. The Hall–Kier alpha value is -1.18. The average Bonchev–Trinajstić information content (AvgIpc) is 2.80.